The Morgan fingerprint density at radius 3 is 2.17 bits per heavy atom. The molecule has 0 unspecified atom stereocenters. The number of fused-ring (bicyclic) bond motifs is 2. The number of hydrogen-bond donors (Lipinski definition) is 3. The van der Waals surface area contributed by atoms with Crippen LogP contribution in [0.3, 0.4) is 0 Å². The number of nitroso groups, excluding NO2 is 1. The molecule has 0 aliphatic carbocycles. The maximum atomic E-state index is 11.4. The van der Waals surface area contributed by atoms with E-state index in [0.29, 0.717) is 16.6 Å². The number of aromatic nitrogens is 2. The second-order valence-electron chi connectivity index (χ2n) is 5.17. The molecule has 23 heavy (non-hydrogen) atoms. The van der Waals surface area contributed by atoms with E-state index in [-0.39, 0.29) is 11.6 Å². The number of aromatic hydroxyl groups is 1. The van der Waals surface area contributed by atoms with Crippen LogP contribution in [0.15, 0.2) is 50.5 Å². The summed E-state index contributed by atoms with van der Waals surface area (Å²) < 4.78 is 1.79. The first kappa shape index (κ1) is 14.5. The Morgan fingerprint density at radius 2 is 1.52 bits per heavy atom. The zero-order valence-corrected chi connectivity index (χ0v) is 14.7. The Bertz CT molecular complexity index is 1080. The maximum absolute atomic E-state index is 11.4. The maximum Gasteiger partial charge on any atom is 0.199 e. The molecule has 4 rings (SSSR count). The third-order valence-electron chi connectivity index (χ3n) is 3.82. The summed E-state index contributed by atoms with van der Waals surface area (Å²) in [6.45, 7) is 0. The van der Waals surface area contributed by atoms with E-state index in [1.165, 1.54) is 0 Å². The van der Waals surface area contributed by atoms with Crippen LogP contribution in [-0.4, -0.2) is 15.1 Å². The summed E-state index contributed by atoms with van der Waals surface area (Å²) >= 11 is 6.81. The molecule has 0 saturated heterocycles. The van der Waals surface area contributed by atoms with E-state index >= 15 is 0 Å². The van der Waals surface area contributed by atoms with E-state index < -0.39 is 0 Å². The summed E-state index contributed by atoms with van der Waals surface area (Å²) in [7, 11) is 0. The minimum absolute atomic E-state index is 0.00591. The van der Waals surface area contributed by atoms with Crippen molar-refractivity contribution >= 4 is 59.4 Å². The summed E-state index contributed by atoms with van der Waals surface area (Å²) in [6, 6.07) is 11.2. The van der Waals surface area contributed by atoms with Crippen molar-refractivity contribution in [3.05, 3.63) is 50.3 Å². The van der Waals surface area contributed by atoms with E-state index in [9.17, 15) is 10.0 Å². The SMILES string of the molecule is O=Nc1c(-c2c(O)[nH]c3cc(Br)ccc23)[nH]c2cc(Br)ccc12. The predicted octanol–water partition coefficient (Wildman–Crippen LogP) is 5.94. The molecule has 3 N–H and O–H groups in total. The van der Waals surface area contributed by atoms with Crippen LogP contribution in [0.25, 0.3) is 33.1 Å². The van der Waals surface area contributed by atoms with Crippen molar-refractivity contribution in [1.29, 1.82) is 0 Å². The molecule has 7 heteroatoms. The lowest BCUT2D eigenvalue weighted by Crippen LogP contribution is -1.77. The third-order valence-corrected chi connectivity index (χ3v) is 4.80. The minimum Gasteiger partial charge on any atom is -0.494 e. The van der Waals surface area contributed by atoms with Crippen LogP contribution >= 0.6 is 31.9 Å². The van der Waals surface area contributed by atoms with Crippen LogP contribution in [0, 0.1) is 4.91 Å². The molecule has 114 valence electrons. The van der Waals surface area contributed by atoms with Gasteiger partial charge in [0, 0.05) is 25.2 Å². The number of nitrogens with zero attached hydrogens (tertiary/aromatic N) is 1. The third kappa shape index (κ3) is 2.19. The van der Waals surface area contributed by atoms with Gasteiger partial charge in [0.05, 0.1) is 16.8 Å². The van der Waals surface area contributed by atoms with Crippen molar-refractivity contribution in [3.8, 4) is 17.1 Å². The Balaban J connectivity index is 2.10. The summed E-state index contributed by atoms with van der Waals surface area (Å²) in [5.41, 5.74) is 2.86. The van der Waals surface area contributed by atoms with E-state index in [2.05, 4.69) is 47.0 Å². The van der Waals surface area contributed by atoms with Gasteiger partial charge in [-0.15, -0.1) is 4.91 Å². The summed E-state index contributed by atoms with van der Waals surface area (Å²) in [4.78, 5) is 17.5. The molecule has 0 radical (unpaired) electrons. The highest BCUT2D eigenvalue weighted by Crippen LogP contribution is 2.44. The van der Waals surface area contributed by atoms with Gasteiger partial charge in [0.1, 0.15) is 5.69 Å². The smallest absolute Gasteiger partial charge is 0.199 e. The Kier molecular flexibility index (Phi) is 3.28. The molecular formula is C16H9Br2N3O2. The van der Waals surface area contributed by atoms with Gasteiger partial charge in [0.15, 0.2) is 5.88 Å². The molecule has 0 amide bonds. The first-order valence-electron chi connectivity index (χ1n) is 6.73. The average Bonchev–Trinajstić information content (AvgIpc) is 3.01. The molecule has 2 aromatic carbocycles. The molecule has 0 saturated carbocycles. The Labute approximate surface area is 146 Å². The van der Waals surface area contributed by atoms with Gasteiger partial charge < -0.3 is 15.1 Å². The lowest BCUT2D eigenvalue weighted by Gasteiger charge is -1.99. The second-order valence-corrected chi connectivity index (χ2v) is 7.00. The Morgan fingerprint density at radius 1 is 0.913 bits per heavy atom. The number of aromatic amines is 2. The molecule has 0 bridgehead atoms. The largest absolute Gasteiger partial charge is 0.494 e. The first-order valence-corrected chi connectivity index (χ1v) is 8.32. The predicted molar refractivity (Wildman–Crippen MR) is 98.1 cm³/mol. The van der Waals surface area contributed by atoms with Crippen molar-refractivity contribution in [2.45, 2.75) is 0 Å². The number of benzene rings is 2. The van der Waals surface area contributed by atoms with Crippen molar-refractivity contribution in [2.24, 2.45) is 5.18 Å². The monoisotopic (exact) mass is 433 g/mol. The molecule has 0 atom stereocenters. The number of rotatable bonds is 2. The summed E-state index contributed by atoms with van der Waals surface area (Å²) in [5.74, 6) is -0.00591. The van der Waals surface area contributed by atoms with E-state index in [1.807, 2.05) is 36.4 Å². The molecule has 4 aromatic rings. The van der Waals surface area contributed by atoms with Crippen LogP contribution in [0.1, 0.15) is 0 Å². The molecule has 0 aliphatic rings. The number of hydrogen-bond acceptors (Lipinski definition) is 3. The van der Waals surface area contributed by atoms with Crippen LogP contribution in [0.5, 0.6) is 5.88 Å². The van der Waals surface area contributed by atoms with E-state index in [1.54, 1.807) is 0 Å². The molecular weight excluding hydrogens is 426 g/mol. The number of nitrogens with one attached hydrogen (secondary N) is 2. The van der Waals surface area contributed by atoms with Crippen molar-refractivity contribution in [2.75, 3.05) is 0 Å². The number of H-pyrrole nitrogens is 2. The molecule has 2 aromatic heterocycles. The zero-order valence-electron chi connectivity index (χ0n) is 11.5. The normalized spacial score (nSPS) is 11.4. The van der Waals surface area contributed by atoms with Crippen LogP contribution < -0.4 is 0 Å². The number of halogens is 2. The second kappa shape index (κ2) is 5.21. The summed E-state index contributed by atoms with van der Waals surface area (Å²) in [6.07, 6.45) is 0. The molecule has 0 aliphatic heterocycles. The highest BCUT2D eigenvalue weighted by atomic mass is 79.9. The van der Waals surface area contributed by atoms with Gasteiger partial charge in [0.25, 0.3) is 0 Å². The van der Waals surface area contributed by atoms with Gasteiger partial charge in [-0.1, -0.05) is 37.9 Å². The van der Waals surface area contributed by atoms with Crippen molar-refractivity contribution in [3.63, 3.8) is 0 Å². The topological polar surface area (TPSA) is 81.2 Å². The quantitative estimate of drug-likeness (QED) is 0.341. The Hall–Kier alpha value is -2.12. The van der Waals surface area contributed by atoms with Gasteiger partial charge in [-0.3, -0.25) is 0 Å². The van der Waals surface area contributed by atoms with Gasteiger partial charge in [0.2, 0.25) is 0 Å². The van der Waals surface area contributed by atoms with Crippen LogP contribution in [0.4, 0.5) is 5.69 Å². The first-order chi connectivity index (χ1) is 11.1. The average molecular weight is 435 g/mol. The van der Waals surface area contributed by atoms with Crippen molar-refractivity contribution in [1.82, 2.24) is 9.97 Å². The van der Waals surface area contributed by atoms with Crippen molar-refractivity contribution < 1.29 is 5.11 Å². The molecule has 0 fully saturated rings. The molecule has 5 nitrogen and oxygen atoms in total. The highest BCUT2D eigenvalue weighted by molar-refractivity contribution is 9.10. The van der Waals surface area contributed by atoms with Crippen LogP contribution in [0.2, 0.25) is 0 Å². The molecule has 2 heterocycles. The van der Waals surface area contributed by atoms with Gasteiger partial charge >= 0.3 is 0 Å². The fraction of sp³-hybridized carbons (Fsp3) is 0. The van der Waals surface area contributed by atoms with Gasteiger partial charge in [-0.05, 0) is 35.5 Å². The summed E-state index contributed by atoms with van der Waals surface area (Å²) in [5, 5.41) is 15.0. The standard InChI is InChI=1S/C16H9Br2N3O2/c17-7-1-3-9-11(5-7)20-16(22)13(9)15-14(21-23)10-4-2-8(18)6-12(10)19-15/h1-6,19-20,22H. The van der Waals surface area contributed by atoms with E-state index in [0.717, 1.165) is 25.4 Å². The lowest BCUT2D eigenvalue weighted by molar-refractivity contribution is 0.460. The van der Waals surface area contributed by atoms with Gasteiger partial charge in [-0.25, -0.2) is 0 Å². The zero-order chi connectivity index (χ0) is 16.1. The van der Waals surface area contributed by atoms with Gasteiger partial charge in [-0.2, -0.15) is 0 Å². The highest BCUT2D eigenvalue weighted by Gasteiger charge is 2.21. The fourth-order valence-electron chi connectivity index (χ4n) is 2.84. The lowest BCUT2D eigenvalue weighted by atomic mass is 10.1. The fourth-order valence-corrected chi connectivity index (χ4v) is 3.56. The van der Waals surface area contributed by atoms with E-state index in [4.69, 9.17) is 0 Å². The molecule has 0 spiro atoms. The van der Waals surface area contributed by atoms with Crippen LogP contribution in [-0.2, 0) is 0 Å². The minimum atomic E-state index is -0.00591.